The molecule has 0 spiro atoms. The third kappa shape index (κ3) is 3.72. The Bertz CT molecular complexity index is 442. The Kier molecular flexibility index (Phi) is 6.13. The van der Waals surface area contributed by atoms with Crippen LogP contribution in [-0.4, -0.2) is 41.0 Å². The fraction of sp³-hybridized carbons (Fsp3) is 0.462. The first-order valence-electron chi connectivity index (χ1n) is 6.15. The Balaban J connectivity index is 2.22. The molecule has 0 amide bonds. The predicted molar refractivity (Wildman–Crippen MR) is 91.4 cm³/mol. The quantitative estimate of drug-likeness (QED) is 0.513. The molecule has 104 valence electrons. The summed E-state index contributed by atoms with van der Waals surface area (Å²) in [7, 11) is 1.89. The van der Waals surface area contributed by atoms with E-state index in [1.807, 2.05) is 30.6 Å². The highest BCUT2D eigenvalue weighted by atomic mass is 35.5. The fourth-order valence-electron chi connectivity index (χ4n) is 2.04. The van der Waals surface area contributed by atoms with Gasteiger partial charge in [0, 0.05) is 35.9 Å². The smallest absolute Gasteiger partial charge is 0.169 e. The first-order valence-corrected chi connectivity index (χ1v) is 9.13. The van der Waals surface area contributed by atoms with Gasteiger partial charge in [-0.2, -0.15) is 0 Å². The SMILES string of the molecule is CNC(=S)N1CCSC1c1ccccc1SCCCl. The van der Waals surface area contributed by atoms with Crippen LogP contribution in [0.15, 0.2) is 29.2 Å². The molecule has 1 N–H and O–H groups in total. The number of nitrogens with zero attached hydrogens (tertiary/aromatic N) is 1. The molecule has 2 rings (SSSR count). The molecule has 1 aliphatic rings. The summed E-state index contributed by atoms with van der Waals surface area (Å²) in [6.45, 7) is 1.00. The molecule has 0 aliphatic carbocycles. The number of thioether (sulfide) groups is 2. The first kappa shape index (κ1) is 15.3. The van der Waals surface area contributed by atoms with E-state index < -0.39 is 0 Å². The van der Waals surface area contributed by atoms with Crippen molar-refractivity contribution < 1.29 is 0 Å². The van der Waals surface area contributed by atoms with Crippen LogP contribution >= 0.6 is 47.3 Å². The lowest BCUT2D eigenvalue weighted by Crippen LogP contribution is -2.37. The van der Waals surface area contributed by atoms with Crippen LogP contribution in [0.3, 0.4) is 0 Å². The standard InChI is InChI=1S/C13H17ClN2S3/c1-15-13(17)16-7-9-19-12(16)10-4-2-3-5-11(10)18-8-6-14/h2-5,12H,6-9H2,1H3,(H,15,17). The van der Waals surface area contributed by atoms with Gasteiger partial charge in [0.15, 0.2) is 5.11 Å². The molecule has 1 aliphatic heterocycles. The van der Waals surface area contributed by atoms with Crippen molar-refractivity contribution in [3.8, 4) is 0 Å². The molecule has 6 heteroatoms. The molecule has 1 unspecified atom stereocenters. The number of hydrogen-bond acceptors (Lipinski definition) is 3. The Morgan fingerprint density at radius 1 is 1.58 bits per heavy atom. The van der Waals surface area contributed by atoms with Crippen molar-refractivity contribution in [2.45, 2.75) is 10.3 Å². The maximum atomic E-state index is 5.80. The largest absolute Gasteiger partial charge is 0.366 e. The van der Waals surface area contributed by atoms with Crippen LogP contribution in [0.5, 0.6) is 0 Å². The summed E-state index contributed by atoms with van der Waals surface area (Å²) < 4.78 is 0. The average molecular weight is 333 g/mol. The minimum absolute atomic E-state index is 0.318. The van der Waals surface area contributed by atoms with Gasteiger partial charge in [-0.25, -0.2) is 0 Å². The van der Waals surface area contributed by atoms with Gasteiger partial charge in [0.25, 0.3) is 0 Å². The summed E-state index contributed by atoms with van der Waals surface area (Å²) in [5.74, 6) is 2.73. The summed E-state index contributed by atoms with van der Waals surface area (Å²) in [6.07, 6.45) is 0. The molecule has 1 atom stereocenters. The monoisotopic (exact) mass is 332 g/mol. The van der Waals surface area contributed by atoms with Gasteiger partial charge in [0.1, 0.15) is 5.37 Å². The van der Waals surface area contributed by atoms with Crippen molar-refractivity contribution in [1.29, 1.82) is 0 Å². The maximum Gasteiger partial charge on any atom is 0.169 e. The molecular weight excluding hydrogens is 316 g/mol. The van der Waals surface area contributed by atoms with Gasteiger partial charge >= 0.3 is 0 Å². The molecule has 1 saturated heterocycles. The summed E-state index contributed by atoms with van der Waals surface area (Å²) in [6, 6.07) is 8.55. The van der Waals surface area contributed by atoms with Gasteiger partial charge in [0.2, 0.25) is 0 Å². The Hall–Kier alpha value is -0.100. The molecule has 2 nitrogen and oxygen atoms in total. The third-order valence-electron chi connectivity index (χ3n) is 2.89. The van der Waals surface area contributed by atoms with E-state index >= 15 is 0 Å². The van der Waals surface area contributed by atoms with Crippen molar-refractivity contribution in [2.24, 2.45) is 0 Å². The van der Waals surface area contributed by atoms with Crippen LogP contribution in [0.1, 0.15) is 10.9 Å². The van der Waals surface area contributed by atoms with Crippen LogP contribution in [0, 0.1) is 0 Å². The van der Waals surface area contributed by atoms with Crippen molar-refractivity contribution in [3.63, 3.8) is 0 Å². The van der Waals surface area contributed by atoms with Crippen molar-refractivity contribution >= 4 is 52.5 Å². The van der Waals surface area contributed by atoms with E-state index in [-0.39, 0.29) is 0 Å². The third-order valence-corrected chi connectivity index (χ3v) is 6.07. The van der Waals surface area contributed by atoms with Crippen molar-refractivity contribution in [1.82, 2.24) is 10.2 Å². The Morgan fingerprint density at radius 3 is 3.11 bits per heavy atom. The Morgan fingerprint density at radius 2 is 2.37 bits per heavy atom. The average Bonchev–Trinajstić information content (AvgIpc) is 2.93. The van der Waals surface area contributed by atoms with Crippen molar-refractivity contribution in [2.75, 3.05) is 31.0 Å². The van der Waals surface area contributed by atoms with E-state index in [0.717, 1.165) is 23.2 Å². The second-order valence-corrected chi connectivity index (χ2v) is 7.14. The molecule has 1 aromatic rings. The maximum absolute atomic E-state index is 5.80. The van der Waals surface area contributed by atoms with E-state index in [2.05, 4.69) is 34.5 Å². The minimum Gasteiger partial charge on any atom is -0.366 e. The first-order chi connectivity index (χ1) is 9.27. The van der Waals surface area contributed by atoms with E-state index in [1.54, 1.807) is 0 Å². The summed E-state index contributed by atoms with van der Waals surface area (Å²) in [4.78, 5) is 3.58. The number of nitrogens with one attached hydrogen (secondary N) is 1. The zero-order chi connectivity index (χ0) is 13.7. The lowest BCUT2D eigenvalue weighted by Gasteiger charge is -2.27. The lowest BCUT2D eigenvalue weighted by molar-refractivity contribution is 0.442. The molecule has 19 heavy (non-hydrogen) atoms. The van der Waals surface area contributed by atoms with Crippen LogP contribution < -0.4 is 5.32 Å². The van der Waals surface area contributed by atoms with Crippen LogP contribution in [0.2, 0.25) is 0 Å². The zero-order valence-electron chi connectivity index (χ0n) is 10.8. The number of benzene rings is 1. The number of hydrogen-bond donors (Lipinski definition) is 1. The Labute approximate surface area is 133 Å². The molecular formula is C13H17ClN2S3. The van der Waals surface area contributed by atoms with Gasteiger partial charge in [-0.1, -0.05) is 18.2 Å². The lowest BCUT2D eigenvalue weighted by atomic mass is 10.2. The van der Waals surface area contributed by atoms with Crippen LogP contribution in [0.4, 0.5) is 0 Å². The van der Waals surface area contributed by atoms with E-state index in [1.165, 1.54) is 10.5 Å². The topological polar surface area (TPSA) is 15.3 Å². The van der Waals surface area contributed by atoms with Crippen molar-refractivity contribution in [3.05, 3.63) is 29.8 Å². The molecule has 0 radical (unpaired) electrons. The summed E-state index contributed by atoms with van der Waals surface area (Å²) in [5.41, 5.74) is 1.35. The molecule has 1 heterocycles. The van der Waals surface area contributed by atoms with E-state index in [9.17, 15) is 0 Å². The van der Waals surface area contributed by atoms with Crippen LogP contribution in [0.25, 0.3) is 0 Å². The molecule has 0 bridgehead atoms. The number of alkyl halides is 1. The van der Waals surface area contributed by atoms with E-state index in [4.69, 9.17) is 23.8 Å². The fourth-order valence-corrected chi connectivity index (χ4v) is 4.73. The molecule has 0 saturated carbocycles. The molecule has 0 aromatic heterocycles. The number of halogens is 1. The van der Waals surface area contributed by atoms with Gasteiger partial charge in [-0.15, -0.1) is 35.1 Å². The van der Waals surface area contributed by atoms with E-state index in [0.29, 0.717) is 11.3 Å². The number of rotatable bonds is 4. The van der Waals surface area contributed by atoms with Gasteiger partial charge in [-0.05, 0) is 23.8 Å². The highest BCUT2D eigenvalue weighted by Gasteiger charge is 2.29. The second-order valence-electron chi connectivity index (χ2n) is 4.05. The highest BCUT2D eigenvalue weighted by molar-refractivity contribution is 8.00. The molecule has 1 aromatic carbocycles. The zero-order valence-corrected chi connectivity index (χ0v) is 14.0. The summed E-state index contributed by atoms with van der Waals surface area (Å²) in [5, 5.41) is 4.23. The van der Waals surface area contributed by atoms with Gasteiger partial charge in [0.05, 0.1) is 0 Å². The predicted octanol–water partition coefficient (Wildman–Crippen LogP) is 3.57. The van der Waals surface area contributed by atoms with Gasteiger partial charge in [-0.3, -0.25) is 0 Å². The van der Waals surface area contributed by atoms with Gasteiger partial charge < -0.3 is 10.2 Å². The summed E-state index contributed by atoms with van der Waals surface area (Å²) >= 11 is 15.0. The highest BCUT2D eigenvalue weighted by Crippen LogP contribution is 2.41. The minimum atomic E-state index is 0.318. The molecule has 1 fully saturated rings. The number of thiocarbonyl (C=S) groups is 1. The van der Waals surface area contributed by atoms with Crippen LogP contribution in [-0.2, 0) is 0 Å². The second kappa shape index (κ2) is 7.62. The normalized spacial score (nSPS) is 18.6.